The molecular formula is C15H17ClN4O. The first-order valence-electron chi connectivity index (χ1n) is 7.11. The Kier molecular flexibility index (Phi) is 3.92. The van der Waals surface area contributed by atoms with Gasteiger partial charge in [-0.05, 0) is 19.3 Å². The molecule has 2 aromatic rings. The third-order valence-electron chi connectivity index (χ3n) is 3.95. The number of hydrogen-bond donors (Lipinski definition) is 1. The highest BCUT2D eigenvalue weighted by atomic mass is 35.5. The van der Waals surface area contributed by atoms with Gasteiger partial charge in [0, 0.05) is 24.4 Å². The first-order valence-corrected chi connectivity index (χ1v) is 7.49. The quantitative estimate of drug-likeness (QED) is 0.925. The lowest BCUT2D eigenvalue weighted by atomic mass is 10.0. The van der Waals surface area contributed by atoms with Crippen molar-refractivity contribution in [3.05, 3.63) is 29.4 Å². The van der Waals surface area contributed by atoms with Crippen molar-refractivity contribution in [1.29, 1.82) is 0 Å². The van der Waals surface area contributed by atoms with Crippen LogP contribution in [0.15, 0.2) is 24.3 Å². The molecule has 1 aromatic heterocycles. The molecule has 21 heavy (non-hydrogen) atoms. The Hall–Kier alpha value is -1.88. The normalized spacial score (nSPS) is 18.8. The maximum absolute atomic E-state index is 12.1. The van der Waals surface area contributed by atoms with Gasteiger partial charge in [-0.25, -0.2) is 0 Å². The van der Waals surface area contributed by atoms with Crippen LogP contribution >= 0.6 is 11.6 Å². The number of hydrogen-bond acceptors (Lipinski definition) is 4. The van der Waals surface area contributed by atoms with Gasteiger partial charge in [0.05, 0.1) is 0 Å². The van der Waals surface area contributed by atoms with Crippen LogP contribution in [0.1, 0.15) is 19.3 Å². The summed E-state index contributed by atoms with van der Waals surface area (Å²) in [4.78, 5) is 14.2. The molecule has 1 saturated heterocycles. The first-order chi connectivity index (χ1) is 10.2. The van der Waals surface area contributed by atoms with Gasteiger partial charge in [-0.15, -0.1) is 10.2 Å². The van der Waals surface area contributed by atoms with Gasteiger partial charge in [-0.2, -0.15) is 0 Å². The van der Waals surface area contributed by atoms with Crippen molar-refractivity contribution >= 4 is 34.1 Å². The number of benzene rings is 1. The summed E-state index contributed by atoms with van der Waals surface area (Å²) in [6, 6.07) is 7.58. The number of anilines is 1. The molecule has 1 N–H and O–H groups in total. The fourth-order valence-corrected chi connectivity index (χ4v) is 3.10. The number of nitrogens with zero attached hydrogens (tertiary/aromatic N) is 3. The molecule has 0 spiro atoms. The average Bonchev–Trinajstić information content (AvgIpc) is 2.55. The van der Waals surface area contributed by atoms with Crippen LogP contribution in [-0.2, 0) is 4.79 Å². The van der Waals surface area contributed by atoms with Crippen molar-refractivity contribution in [2.24, 2.45) is 0 Å². The first kappa shape index (κ1) is 14.1. The lowest BCUT2D eigenvalue weighted by Crippen LogP contribution is -2.49. The van der Waals surface area contributed by atoms with Crippen molar-refractivity contribution in [3.8, 4) is 0 Å². The molecule has 110 valence electrons. The summed E-state index contributed by atoms with van der Waals surface area (Å²) >= 11 is 6.12. The fourth-order valence-electron chi connectivity index (χ4n) is 2.89. The number of halogens is 1. The number of carbonyl (C=O) groups is 1. The third-order valence-corrected chi connectivity index (χ3v) is 4.23. The minimum atomic E-state index is -0.192. The van der Waals surface area contributed by atoms with Crippen molar-refractivity contribution < 1.29 is 4.79 Å². The van der Waals surface area contributed by atoms with Crippen molar-refractivity contribution in [2.75, 3.05) is 18.5 Å². The lowest BCUT2D eigenvalue weighted by molar-refractivity contribution is -0.122. The maximum Gasteiger partial charge on any atom is 0.242 e. The lowest BCUT2D eigenvalue weighted by Gasteiger charge is -2.35. The average molecular weight is 305 g/mol. The second-order valence-corrected chi connectivity index (χ2v) is 5.54. The van der Waals surface area contributed by atoms with Crippen LogP contribution in [0.3, 0.4) is 0 Å². The summed E-state index contributed by atoms with van der Waals surface area (Å²) in [6.45, 7) is 0.804. The molecule has 6 heteroatoms. The Morgan fingerprint density at radius 3 is 2.81 bits per heavy atom. The molecule has 0 radical (unpaired) electrons. The SMILES string of the molecule is CNC(=O)C1CCCCN1c1nnc(Cl)c2ccccc12. The Bertz CT molecular complexity index is 676. The zero-order valence-corrected chi connectivity index (χ0v) is 12.6. The number of carbonyl (C=O) groups excluding carboxylic acids is 1. The van der Waals surface area contributed by atoms with E-state index in [0.29, 0.717) is 5.15 Å². The van der Waals surface area contributed by atoms with Crippen LogP contribution in [-0.4, -0.2) is 35.7 Å². The summed E-state index contributed by atoms with van der Waals surface area (Å²) in [5.41, 5.74) is 0. The fraction of sp³-hybridized carbons (Fsp3) is 0.400. The van der Waals surface area contributed by atoms with Crippen LogP contribution in [0, 0.1) is 0 Å². The van der Waals surface area contributed by atoms with E-state index in [0.717, 1.165) is 42.4 Å². The van der Waals surface area contributed by atoms with Crippen molar-refractivity contribution in [3.63, 3.8) is 0 Å². The summed E-state index contributed by atoms with van der Waals surface area (Å²) in [7, 11) is 1.67. The van der Waals surface area contributed by atoms with Gasteiger partial charge >= 0.3 is 0 Å². The number of amides is 1. The van der Waals surface area contributed by atoms with E-state index in [1.807, 2.05) is 29.2 Å². The van der Waals surface area contributed by atoms with Gasteiger partial charge in [0.15, 0.2) is 11.0 Å². The zero-order valence-electron chi connectivity index (χ0n) is 11.8. The van der Waals surface area contributed by atoms with E-state index < -0.39 is 0 Å². The van der Waals surface area contributed by atoms with Crippen molar-refractivity contribution in [2.45, 2.75) is 25.3 Å². The number of likely N-dealkylation sites (N-methyl/N-ethyl adjacent to an activating group) is 1. The number of fused-ring (bicyclic) bond motifs is 1. The highest BCUT2D eigenvalue weighted by Crippen LogP contribution is 2.31. The molecule has 1 aliphatic heterocycles. The summed E-state index contributed by atoms with van der Waals surface area (Å²) in [5.74, 6) is 0.763. The Labute approximate surface area is 128 Å². The molecule has 0 aliphatic carbocycles. The predicted octanol–water partition coefficient (Wildman–Crippen LogP) is 2.39. The zero-order chi connectivity index (χ0) is 14.8. The van der Waals surface area contributed by atoms with Crippen molar-refractivity contribution in [1.82, 2.24) is 15.5 Å². The number of piperidine rings is 1. The molecule has 0 saturated carbocycles. The van der Waals surface area contributed by atoms with Gasteiger partial charge in [0.1, 0.15) is 6.04 Å². The Morgan fingerprint density at radius 1 is 1.29 bits per heavy atom. The van der Waals surface area contributed by atoms with Crippen LogP contribution < -0.4 is 10.2 Å². The van der Waals surface area contributed by atoms with Crippen LogP contribution in [0.25, 0.3) is 10.8 Å². The van der Waals surface area contributed by atoms with E-state index in [4.69, 9.17) is 11.6 Å². The highest BCUT2D eigenvalue weighted by Gasteiger charge is 2.30. The third kappa shape index (κ3) is 2.53. The summed E-state index contributed by atoms with van der Waals surface area (Å²) in [6.07, 6.45) is 2.93. The van der Waals surface area contributed by atoms with E-state index in [1.165, 1.54) is 0 Å². The maximum atomic E-state index is 12.1. The molecule has 3 rings (SSSR count). The van der Waals surface area contributed by atoms with E-state index in [1.54, 1.807) is 7.05 Å². The molecule has 1 fully saturated rings. The predicted molar refractivity (Wildman–Crippen MR) is 83.6 cm³/mol. The van der Waals surface area contributed by atoms with E-state index in [-0.39, 0.29) is 11.9 Å². The largest absolute Gasteiger partial charge is 0.357 e. The second-order valence-electron chi connectivity index (χ2n) is 5.18. The van der Waals surface area contributed by atoms with E-state index >= 15 is 0 Å². The Balaban J connectivity index is 2.10. The van der Waals surface area contributed by atoms with Gasteiger partial charge in [0.2, 0.25) is 5.91 Å². The van der Waals surface area contributed by atoms with Crippen LogP contribution in [0.2, 0.25) is 5.15 Å². The molecule has 2 heterocycles. The number of nitrogens with one attached hydrogen (secondary N) is 1. The topological polar surface area (TPSA) is 58.1 Å². The van der Waals surface area contributed by atoms with E-state index in [9.17, 15) is 4.79 Å². The molecule has 1 atom stereocenters. The van der Waals surface area contributed by atoms with Gasteiger partial charge in [0.25, 0.3) is 0 Å². The number of aromatic nitrogens is 2. The second kappa shape index (κ2) is 5.85. The molecular weight excluding hydrogens is 288 g/mol. The summed E-state index contributed by atoms with van der Waals surface area (Å²) in [5, 5.41) is 13.2. The van der Waals surface area contributed by atoms with Gasteiger partial charge < -0.3 is 10.2 Å². The Morgan fingerprint density at radius 2 is 2.05 bits per heavy atom. The molecule has 5 nitrogen and oxygen atoms in total. The standard InChI is InChI=1S/C15H17ClN4O/c1-17-15(21)12-8-4-5-9-20(12)14-11-7-3-2-6-10(11)13(16)18-19-14/h2-3,6-7,12H,4-5,8-9H2,1H3,(H,17,21). The minimum Gasteiger partial charge on any atom is -0.357 e. The summed E-state index contributed by atoms with van der Waals surface area (Å²) < 4.78 is 0. The van der Waals surface area contributed by atoms with Gasteiger partial charge in [-0.3, -0.25) is 4.79 Å². The highest BCUT2D eigenvalue weighted by molar-refractivity contribution is 6.34. The van der Waals surface area contributed by atoms with Gasteiger partial charge in [-0.1, -0.05) is 35.9 Å². The molecule has 1 amide bonds. The molecule has 1 unspecified atom stereocenters. The molecule has 1 aromatic carbocycles. The van der Waals surface area contributed by atoms with E-state index in [2.05, 4.69) is 15.5 Å². The van der Waals surface area contributed by atoms with Crippen LogP contribution in [0.5, 0.6) is 0 Å². The smallest absolute Gasteiger partial charge is 0.242 e. The number of rotatable bonds is 2. The minimum absolute atomic E-state index is 0.0236. The molecule has 0 bridgehead atoms. The monoisotopic (exact) mass is 304 g/mol. The van der Waals surface area contributed by atoms with Crippen LogP contribution in [0.4, 0.5) is 5.82 Å². The molecule has 1 aliphatic rings.